The predicted molar refractivity (Wildman–Crippen MR) is 77.8 cm³/mol. The summed E-state index contributed by atoms with van der Waals surface area (Å²) in [6, 6.07) is 8.22. The molecule has 2 aromatic heterocycles. The van der Waals surface area contributed by atoms with Crippen LogP contribution in [0.1, 0.15) is 24.9 Å². The third-order valence-electron chi connectivity index (χ3n) is 3.07. The van der Waals surface area contributed by atoms with Crippen LogP contribution in [0.15, 0.2) is 41.5 Å². The molecule has 1 aromatic carbocycles. The first-order chi connectivity index (χ1) is 9.15. The van der Waals surface area contributed by atoms with Gasteiger partial charge in [0.05, 0.1) is 16.8 Å². The summed E-state index contributed by atoms with van der Waals surface area (Å²) in [5, 5.41) is 0.963. The largest absolute Gasteiger partial charge is 0.328 e. The first-order valence-corrected chi connectivity index (χ1v) is 7.08. The minimum atomic E-state index is 0.0225. The minimum absolute atomic E-state index is 0.0225. The van der Waals surface area contributed by atoms with E-state index in [0.29, 0.717) is 6.54 Å². The van der Waals surface area contributed by atoms with E-state index in [1.54, 1.807) is 20.5 Å². The maximum absolute atomic E-state index is 12.1. The van der Waals surface area contributed by atoms with Gasteiger partial charge in [0, 0.05) is 18.4 Å². The van der Waals surface area contributed by atoms with Gasteiger partial charge in [-0.1, -0.05) is 12.1 Å². The molecule has 0 saturated carbocycles. The number of rotatable bonds is 3. The fraction of sp³-hybridized carbons (Fsp3) is 0.286. The molecule has 19 heavy (non-hydrogen) atoms. The summed E-state index contributed by atoms with van der Waals surface area (Å²) in [6.45, 7) is 4.55. The van der Waals surface area contributed by atoms with Crippen LogP contribution in [0.3, 0.4) is 0 Å². The van der Waals surface area contributed by atoms with Crippen molar-refractivity contribution in [1.82, 2.24) is 14.1 Å². The molecule has 0 saturated heterocycles. The van der Waals surface area contributed by atoms with Crippen LogP contribution >= 0.6 is 11.3 Å². The van der Waals surface area contributed by atoms with Crippen molar-refractivity contribution in [3.63, 3.8) is 0 Å². The Bertz CT molecular complexity index is 733. The summed E-state index contributed by atoms with van der Waals surface area (Å²) in [6.07, 6.45) is 3.66. The van der Waals surface area contributed by atoms with Crippen LogP contribution in [-0.4, -0.2) is 14.1 Å². The number of hydrogen-bond donors (Lipinski definition) is 0. The average molecular weight is 273 g/mol. The van der Waals surface area contributed by atoms with Gasteiger partial charge in [-0.25, -0.2) is 9.78 Å². The van der Waals surface area contributed by atoms with Crippen molar-refractivity contribution < 1.29 is 0 Å². The lowest BCUT2D eigenvalue weighted by molar-refractivity contribution is 0.561. The summed E-state index contributed by atoms with van der Waals surface area (Å²) in [5.74, 6) is 0. The number of aromatic nitrogens is 3. The average Bonchev–Trinajstić information content (AvgIpc) is 2.94. The molecule has 0 radical (unpaired) electrons. The van der Waals surface area contributed by atoms with E-state index < -0.39 is 0 Å². The van der Waals surface area contributed by atoms with E-state index in [2.05, 4.69) is 11.1 Å². The lowest BCUT2D eigenvalue weighted by Crippen LogP contribution is -2.25. The van der Waals surface area contributed by atoms with Crippen molar-refractivity contribution >= 4 is 21.6 Å². The van der Waals surface area contributed by atoms with Crippen molar-refractivity contribution in [1.29, 1.82) is 0 Å². The van der Waals surface area contributed by atoms with Gasteiger partial charge in [-0.3, -0.25) is 9.13 Å². The Morgan fingerprint density at radius 1 is 1.26 bits per heavy atom. The molecule has 2 heterocycles. The number of thiazole rings is 1. The number of imidazole rings is 1. The van der Waals surface area contributed by atoms with Gasteiger partial charge in [-0.15, -0.1) is 11.3 Å². The van der Waals surface area contributed by atoms with Gasteiger partial charge in [0.1, 0.15) is 5.01 Å². The quantitative estimate of drug-likeness (QED) is 0.736. The van der Waals surface area contributed by atoms with Gasteiger partial charge >= 0.3 is 5.69 Å². The zero-order chi connectivity index (χ0) is 13.4. The Hall–Kier alpha value is -1.88. The molecule has 0 aliphatic heterocycles. The second-order valence-electron chi connectivity index (χ2n) is 4.78. The zero-order valence-electron chi connectivity index (χ0n) is 10.9. The number of fused-ring (bicyclic) bond motifs is 1. The van der Waals surface area contributed by atoms with Crippen LogP contribution in [0, 0.1) is 0 Å². The van der Waals surface area contributed by atoms with Gasteiger partial charge in [-0.05, 0) is 26.0 Å². The first kappa shape index (κ1) is 12.2. The summed E-state index contributed by atoms with van der Waals surface area (Å²) in [5.41, 5.74) is 1.02. The Morgan fingerprint density at radius 3 is 2.74 bits per heavy atom. The molecule has 0 unspecified atom stereocenters. The van der Waals surface area contributed by atoms with E-state index in [1.165, 1.54) is 0 Å². The zero-order valence-corrected chi connectivity index (χ0v) is 11.7. The molecule has 3 aromatic rings. The van der Waals surface area contributed by atoms with Gasteiger partial charge in [0.25, 0.3) is 0 Å². The molecule has 4 nitrogen and oxygen atoms in total. The van der Waals surface area contributed by atoms with Crippen LogP contribution in [0.25, 0.3) is 10.2 Å². The predicted octanol–water partition coefficient (Wildman–Crippen LogP) is 2.89. The highest BCUT2D eigenvalue weighted by Crippen LogP contribution is 2.21. The van der Waals surface area contributed by atoms with Crippen LogP contribution < -0.4 is 5.69 Å². The number of nitrogens with zero attached hydrogens (tertiary/aromatic N) is 3. The molecular formula is C14H15N3OS. The van der Waals surface area contributed by atoms with Crippen molar-refractivity contribution in [2.24, 2.45) is 0 Å². The summed E-state index contributed by atoms with van der Waals surface area (Å²) >= 11 is 1.64. The first-order valence-electron chi connectivity index (χ1n) is 6.27. The molecular weight excluding hydrogens is 258 g/mol. The molecule has 0 spiro atoms. The van der Waals surface area contributed by atoms with Gasteiger partial charge in [-0.2, -0.15) is 0 Å². The summed E-state index contributed by atoms with van der Waals surface area (Å²) in [7, 11) is 0. The monoisotopic (exact) mass is 273 g/mol. The molecule has 0 fully saturated rings. The Labute approximate surface area is 115 Å². The highest BCUT2D eigenvalue weighted by atomic mass is 32.1. The summed E-state index contributed by atoms with van der Waals surface area (Å²) < 4.78 is 4.60. The van der Waals surface area contributed by atoms with Crippen LogP contribution in [0.4, 0.5) is 0 Å². The SMILES string of the molecule is CC(C)n1ccn(Cc2nc3ccccc3s2)c1=O. The fourth-order valence-electron chi connectivity index (χ4n) is 2.07. The third kappa shape index (κ3) is 2.21. The van der Waals surface area contributed by atoms with E-state index in [1.807, 2.05) is 44.4 Å². The molecule has 0 atom stereocenters. The fourth-order valence-corrected chi connectivity index (χ4v) is 3.04. The molecule has 0 amide bonds. The molecule has 3 rings (SSSR count). The molecule has 0 aliphatic carbocycles. The van der Waals surface area contributed by atoms with E-state index in [0.717, 1.165) is 15.2 Å². The van der Waals surface area contributed by atoms with Crippen LogP contribution in [0.2, 0.25) is 0 Å². The second kappa shape index (κ2) is 4.66. The molecule has 0 aliphatic rings. The summed E-state index contributed by atoms with van der Waals surface area (Å²) in [4.78, 5) is 16.7. The van der Waals surface area contributed by atoms with Gasteiger partial charge in [0.2, 0.25) is 0 Å². The van der Waals surface area contributed by atoms with Crippen LogP contribution in [-0.2, 0) is 6.54 Å². The maximum Gasteiger partial charge on any atom is 0.328 e. The molecule has 0 bridgehead atoms. The molecule has 0 N–H and O–H groups in total. The van der Waals surface area contributed by atoms with E-state index in [4.69, 9.17) is 0 Å². The third-order valence-corrected chi connectivity index (χ3v) is 4.10. The molecule has 5 heteroatoms. The minimum Gasteiger partial charge on any atom is -0.297 e. The van der Waals surface area contributed by atoms with E-state index in [-0.39, 0.29) is 11.7 Å². The van der Waals surface area contributed by atoms with Crippen molar-refractivity contribution in [2.45, 2.75) is 26.4 Å². The van der Waals surface area contributed by atoms with Crippen molar-refractivity contribution in [2.75, 3.05) is 0 Å². The Kier molecular flexibility index (Phi) is 2.98. The molecule has 98 valence electrons. The lowest BCUT2D eigenvalue weighted by Gasteiger charge is -2.03. The van der Waals surface area contributed by atoms with E-state index >= 15 is 0 Å². The van der Waals surface area contributed by atoms with Crippen molar-refractivity contribution in [3.05, 3.63) is 52.2 Å². The lowest BCUT2D eigenvalue weighted by atomic mass is 10.3. The van der Waals surface area contributed by atoms with Crippen LogP contribution in [0.5, 0.6) is 0 Å². The topological polar surface area (TPSA) is 39.8 Å². The van der Waals surface area contributed by atoms with Gasteiger partial charge in [0.15, 0.2) is 0 Å². The van der Waals surface area contributed by atoms with Crippen molar-refractivity contribution in [3.8, 4) is 0 Å². The number of para-hydroxylation sites is 1. The normalized spacial score (nSPS) is 11.5. The smallest absolute Gasteiger partial charge is 0.297 e. The standard InChI is InChI=1S/C14H15N3OS/c1-10(2)17-8-7-16(14(17)18)9-13-15-11-5-3-4-6-12(11)19-13/h3-8,10H,9H2,1-2H3. The number of hydrogen-bond acceptors (Lipinski definition) is 3. The van der Waals surface area contributed by atoms with Gasteiger partial charge < -0.3 is 0 Å². The number of benzene rings is 1. The maximum atomic E-state index is 12.1. The Balaban J connectivity index is 1.95. The highest BCUT2D eigenvalue weighted by molar-refractivity contribution is 7.18. The highest BCUT2D eigenvalue weighted by Gasteiger charge is 2.09. The van der Waals surface area contributed by atoms with E-state index in [9.17, 15) is 4.79 Å². The second-order valence-corrected chi connectivity index (χ2v) is 5.90. The Morgan fingerprint density at radius 2 is 2.05 bits per heavy atom.